The Bertz CT molecular complexity index is 1080. The van der Waals surface area contributed by atoms with Gasteiger partial charge in [-0.05, 0) is 32.6 Å². The summed E-state index contributed by atoms with van der Waals surface area (Å²) in [4.78, 5) is 50.1. The summed E-state index contributed by atoms with van der Waals surface area (Å²) in [7, 11) is 0. The molecule has 1 unspecified atom stereocenters. The summed E-state index contributed by atoms with van der Waals surface area (Å²) < 4.78 is 11.1. The van der Waals surface area contributed by atoms with Crippen molar-refractivity contribution in [1.29, 1.82) is 0 Å². The van der Waals surface area contributed by atoms with Gasteiger partial charge in [0.25, 0.3) is 5.91 Å². The normalized spacial score (nSPS) is 16.8. The first kappa shape index (κ1) is 26.3. The molecule has 1 aliphatic carbocycles. The van der Waals surface area contributed by atoms with E-state index < -0.39 is 30.6 Å². The number of aliphatic hydroxyl groups is 1. The zero-order valence-corrected chi connectivity index (χ0v) is 21.0. The van der Waals surface area contributed by atoms with E-state index in [1.807, 2.05) is 30.3 Å². The van der Waals surface area contributed by atoms with Crippen LogP contribution in [0.4, 0.5) is 4.79 Å². The van der Waals surface area contributed by atoms with Crippen molar-refractivity contribution in [3.05, 3.63) is 42.1 Å². The second kappa shape index (κ2) is 12.5. The molecular weight excluding hydrogens is 478 g/mol. The van der Waals surface area contributed by atoms with Gasteiger partial charge in [-0.1, -0.05) is 30.3 Å². The lowest BCUT2D eigenvalue weighted by Crippen LogP contribution is -2.56. The number of hydrogen-bond donors (Lipinski definition) is 2. The molecule has 1 atom stereocenters. The van der Waals surface area contributed by atoms with Crippen LogP contribution in [-0.2, 0) is 9.53 Å². The minimum absolute atomic E-state index is 0.0366. The highest BCUT2D eigenvalue weighted by Gasteiger charge is 2.31. The predicted octanol–water partition coefficient (Wildman–Crippen LogP) is 1.86. The van der Waals surface area contributed by atoms with E-state index in [1.165, 1.54) is 15.9 Å². The standard InChI is InChI=1S/C26H33N5O6/c1-2-36-26(35)31-14-12-30(13-15-31)25(34)21(17-32)28-24(33)20-16-22(37-19-10-6-7-11-19)29-23(27-20)18-8-4-3-5-9-18/h3-5,8-9,16,19,21,32H,2,6-7,10-15,17H2,1H3,(H,28,33). The van der Waals surface area contributed by atoms with Crippen molar-refractivity contribution in [2.75, 3.05) is 39.4 Å². The van der Waals surface area contributed by atoms with E-state index in [4.69, 9.17) is 9.47 Å². The second-order valence-electron chi connectivity index (χ2n) is 9.03. The Morgan fingerprint density at radius 3 is 2.38 bits per heavy atom. The minimum Gasteiger partial charge on any atom is -0.474 e. The van der Waals surface area contributed by atoms with Gasteiger partial charge in [0, 0.05) is 37.8 Å². The Kier molecular flexibility index (Phi) is 8.89. The van der Waals surface area contributed by atoms with Crippen molar-refractivity contribution in [2.45, 2.75) is 44.8 Å². The molecule has 1 aromatic heterocycles. The maximum atomic E-state index is 13.2. The summed E-state index contributed by atoms with van der Waals surface area (Å²) in [6, 6.07) is 9.57. The Morgan fingerprint density at radius 2 is 1.73 bits per heavy atom. The van der Waals surface area contributed by atoms with E-state index >= 15 is 0 Å². The number of carbonyl (C=O) groups is 3. The molecule has 0 radical (unpaired) electrons. The fraction of sp³-hybridized carbons (Fsp3) is 0.500. The van der Waals surface area contributed by atoms with Crippen molar-refractivity contribution < 1.29 is 29.0 Å². The largest absolute Gasteiger partial charge is 0.474 e. The maximum Gasteiger partial charge on any atom is 0.409 e. The number of aliphatic hydroxyl groups excluding tert-OH is 1. The van der Waals surface area contributed by atoms with Crippen LogP contribution in [0.2, 0.25) is 0 Å². The number of nitrogens with one attached hydrogen (secondary N) is 1. The van der Waals surface area contributed by atoms with Crippen molar-refractivity contribution in [3.63, 3.8) is 0 Å². The number of ether oxygens (including phenoxy) is 2. The first-order valence-corrected chi connectivity index (χ1v) is 12.7. The van der Waals surface area contributed by atoms with Gasteiger partial charge < -0.3 is 29.7 Å². The molecule has 4 rings (SSSR count). The summed E-state index contributed by atoms with van der Waals surface area (Å²) in [6.07, 6.45) is 3.64. The molecule has 1 aromatic carbocycles. The van der Waals surface area contributed by atoms with Crippen LogP contribution in [0.1, 0.15) is 43.1 Å². The lowest BCUT2D eigenvalue weighted by atomic mass is 10.2. The van der Waals surface area contributed by atoms with Crippen molar-refractivity contribution in [3.8, 4) is 17.3 Å². The van der Waals surface area contributed by atoms with Crippen LogP contribution in [0.3, 0.4) is 0 Å². The molecule has 11 nitrogen and oxygen atoms in total. The number of carbonyl (C=O) groups excluding carboxylic acids is 3. The highest BCUT2D eigenvalue weighted by atomic mass is 16.6. The fourth-order valence-corrected chi connectivity index (χ4v) is 4.46. The van der Waals surface area contributed by atoms with Gasteiger partial charge in [0.2, 0.25) is 11.8 Å². The average Bonchev–Trinajstić information content (AvgIpc) is 3.44. The number of aromatic nitrogens is 2. The van der Waals surface area contributed by atoms with E-state index in [2.05, 4.69) is 15.3 Å². The van der Waals surface area contributed by atoms with Gasteiger partial charge in [-0.25, -0.2) is 9.78 Å². The molecule has 1 aliphatic heterocycles. The number of nitrogens with zero attached hydrogens (tertiary/aromatic N) is 4. The first-order valence-electron chi connectivity index (χ1n) is 12.7. The molecule has 0 spiro atoms. The van der Waals surface area contributed by atoms with Gasteiger partial charge in [0.05, 0.1) is 13.2 Å². The molecule has 0 bridgehead atoms. The zero-order chi connectivity index (χ0) is 26.2. The Balaban J connectivity index is 1.46. The number of rotatable bonds is 8. The van der Waals surface area contributed by atoms with Crippen LogP contribution < -0.4 is 10.1 Å². The van der Waals surface area contributed by atoms with Gasteiger partial charge in [0.15, 0.2) is 5.82 Å². The summed E-state index contributed by atoms with van der Waals surface area (Å²) in [5.74, 6) is -0.413. The minimum atomic E-state index is -1.16. The molecule has 198 valence electrons. The van der Waals surface area contributed by atoms with Crippen LogP contribution in [0.5, 0.6) is 5.88 Å². The monoisotopic (exact) mass is 511 g/mol. The summed E-state index contributed by atoms with van der Waals surface area (Å²) >= 11 is 0. The molecule has 1 saturated carbocycles. The quantitative estimate of drug-likeness (QED) is 0.549. The average molecular weight is 512 g/mol. The van der Waals surface area contributed by atoms with E-state index in [0.29, 0.717) is 24.8 Å². The molecule has 2 fully saturated rings. The second-order valence-corrected chi connectivity index (χ2v) is 9.03. The molecule has 2 heterocycles. The molecular formula is C26H33N5O6. The van der Waals surface area contributed by atoms with Gasteiger partial charge in [-0.15, -0.1) is 0 Å². The lowest BCUT2D eigenvalue weighted by Gasteiger charge is -2.35. The summed E-state index contributed by atoms with van der Waals surface area (Å²) in [6.45, 7) is 2.60. The van der Waals surface area contributed by atoms with E-state index in [-0.39, 0.29) is 31.5 Å². The Labute approximate surface area is 215 Å². The maximum absolute atomic E-state index is 13.2. The predicted molar refractivity (Wildman–Crippen MR) is 134 cm³/mol. The number of benzene rings is 1. The topological polar surface area (TPSA) is 134 Å². The van der Waals surface area contributed by atoms with Crippen molar-refractivity contribution in [2.24, 2.45) is 0 Å². The zero-order valence-electron chi connectivity index (χ0n) is 21.0. The molecule has 1 saturated heterocycles. The third kappa shape index (κ3) is 6.73. The summed E-state index contributed by atoms with van der Waals surface area (Å²) in [5, 5.41) is 12.5. The molecule has 3 amide bonds. The fourth-order valence-electron chi connectivity index (χ4n) is 4.46. The summed E-state index contributed by atoms with van der Waals surface area (Å²) in [5.41, 5.74) is 0.767. The highest BCUT2D eigenvalue weighted by Crippen LogP contribution is 2.25. The molecule has 2 N–H and O–H groups in total. The smallest absolute Gasteiger partial charge is 0.409 e. The van der Waals surface area contributed by atoms with Gasteiger partial charge in [0.1, 0.15) is 17.8 Å². The van der Waals surface area contributed by atoms with E-state index in [0.717, 1.165) is 31.2 Å². The van der Waals surface area contributed by atoms with Crippen LogP contribution in [0.25, 0.3) is 11.4 Å². The van der Waals surface area contributed by atoms with E-state index in [9.17, 15) is 19.5 Å². The van der Waals surface area contributed by atoms with Crippen molar-refractivity contribution >= 4 is 17.9 Å². The van der Waals surface area contributed by atoms with Gasteiger partial charge >= 0.3 is 6.09 Å². The van der Waals surface area contributed by atoms with Crippen LogP contribution in [0, 0.1) is 0 Å². The number of hydrogen-bond acceptors (Lipinski definition) is 8. The molecule has 37 heavy (non-hydrogen) atoms. The van der Waals surface area contributed by atoms with Crippen LogP contribution in [0.15, 0.2) is 36.4 Å². The van der Waals surface area contributed by atoms with Gasteiger partial charge in [-0.2, -0.15) is 4.98 Å². The third-order valence-corrected chi connectivity index (χ3v) is 6.46. The molecule has 2 aliphatic rings. The number of amides is 3. The highest BCUT2D eigenvalue weighted by molar-refractivity contribution is 5.96. The third-order valence-electron chi connectivity index (χ3n) is 6.46. The van der Waals surface area contributed by atoms with Crippen LogP contribution >= 0.6 is 0 Å². The first-order chi connectivity index (χ1) is 18.0. The van der Waals surface area contributed by atoms with Crippen LogP contribution in [-0.4, -0.2) is 94.3 Å². The lowest BCUT2D eigenvalue weighted by molar-refractivity contribution is -0.135. The van der Waals surface area contributed by atoms with Crippen molar-refractivity contribution in [1.82, 2.24) is 25.1 Å². The Morgan fingerprint density at radius 1 is 1.05 bits per heavy atom. The number of piperazine rings is 1. The molecule has 2 aromatic rings. The van der Waals surface area contributed by atoms with Gasteiger partial charge in [-0.3, -0.25) is 9.59 Å². The molecule has 11 heteroatoms. The van der Waals surface area contributed by atoms with E-state index in [1.54, 1.807) is 6.92 Å². The SMILES string of the molecule is CCOC(=O)N1CCN(C(=O)C(CO)NC(=O)c2cc(OC3CCCC3)nc(-c3ccccc3)n2)CC1. The Hall–Kier alpha value is -3.73.